The van der Waals surface area contributed by atoms with Crippen LogP contribution in [-0.4, -0.2) is 49.0 Å². The standard InChI is InChI=1S/C30H53N2O4.ClH/c1-6-8-9-10-11-12-13-14-15-16-17-19-28(33)34-21-20-32(4,5)23-26-22-31-25(3)30-27(26)24-35-29(36-30)18-7-2;/h22,29H,6-21,23-24H2,1-5H3;1H/q+1;/p-1. The van der Waals surface area contributed by atoms with Gasteiger partial charge in [-0.25, -0.2) is 0 Å². The molecule has 0 saturated carbocycles. The number of hydrogen-bond donors (Lipinski definition) is 0. The number of esters is 1. The molecular formula is C30H53ClN2O4. The molecule has 6 nitrogen and oxygen atoms in total. The summed E-state index contributed by atoms with van der Waals surface area (Å²) in [7, 11) is 4.32. The Morgan fingerprint density at radius 1 is 1.00 bits per heavy atom. The lowest BCUT2D eigenvalue weighted by Gasteiger charge is -2.33. The molecule has 2 heterocycles. The van der Waals surface area contributed by atoms with Crippen LogP contribution in [0.1, 0.15) is 121 Å². The van der Waals surface area contributed by atoms with Crippen LogP contribution < -0.4 is 17.1 Å². The van der Waals surface area contributed by atoms with Gasteiger partial charge >= 0.3 is 5.97 Å². The Kier molecular flexibility index (Phi) is 17.1. The molecule has 1 aromatic heterocycles. The van der Waals surface area contributed by atoms with Crippen molar-refractivity contribution in [3.05, 3.63) is 23.0 Å². The highest BCUT2D eigenvalue weighted by Gasteiger charge is 2.27. The number of carbonyl (C=O) groups is 1. The monoisotopic (exact) mass is 540 g/mol. The molecule has 0 aliphatic carbocycles. The summed E-state index contributed by atoms with van der Waals surface area (Å²) in [6, 6.07) is 0. The van der Waals surface area contributed by atoms with Gasteiger partial charge in [-0.1, -0.05) is 84.5 Å². The Bertz CT molecular complexity index is 772. The SMILES string of the molecule is CCCCCCCCCCCCCC(=O)OCC[N+](C)(C)Cc1cnc(C)c2c1COC(CCC)O2.[Cl-]. The maximum absolute atomic E-state index is 12.2. The van der Waals surface area contributed by atoms with E-state index in [2.05, 4.69) is 32.9 Å². The predicted octanol–water partition coefficient (Wildman–Crippen LogP) is 4.25. The van der Waals surface area contributed by atoms with E-state index in [0.717, 1.165) is 61.3 Å². The number of aryl methyl sites for hydroxylation is 1. The average Bonchev–Trinajstić information content (AvgIpc) is 2.84. The average molecular weight is 541 g/mol. The molecule has 37 heavy (non-hydrogen) atoms. The van der Waals surface area contributed by atoms with Gasteiger partial charge in [-0.15, -0.1) is 0 Å². The third-order valence-corrected chi connectivity index (χ3v) is 7.13. The molecule has 1 aliphatic rings. The summed E-state index contributed by atoms with van der Waals surface area (Å²) in [5.41, 5.74) is 3.16. The van der Waals surface area contributed by atoms with Crippen LogP contribution in [0.25, 0.3) is 0 Å². The molecule has 0 aromatic carbocycles. The number of aromatic nitrogens is 1. The Morgan fingerprint density at radius 3 is 2.24 bits per heavy atom. The van der Waals surface area contributed by atoms with Gasteiger partial charge in [-0.3, -0.25) is 9.78 Å². The first-order valence-electron chi connectivity index (χ1n) is 14.6. The van der Waals surface area contributed by atoms with Gasteiger partial charge in [0.05, 0.1) is 26.4 Å². The molecule has 2 rings (SSSR count). The highest BCUT2D eigenvalue weighted by atomic mass is 35.5. The molecule has 7 heteroatoms. The molecule has 1 aromatic rings. The molecule has 0 saturated heterocycles. The zero-order valence-electron chi connectivity index (χ0n) is 24.3. The molecule has 0 radical (unpaired) electrons. The Labute approximate surface area is 232 Å². The van der Waals surface area contributed by atoms with Gasteiger partial charge in [-0.2, -0.15) is 0 Å². The quantitative estimate of drug-likeness (QED) is 0.149. The third-order valence-electron chi connectivity index (χ3n) is 7.13. The Hall–Kier alpha value is -1.37. The zero-order valence-corrected chi connectivity index (χ0v) is 25.0. The van der Waals surface area contributed by atoms with Crippen molar-refractivity contribution in [3.63, 3.8) is 0 Å². The van der Waals surface area contributed by atoms with Crippen LogP contribution in [0.5, 0.6) is 5.75 Å². The van der Waals surface area contributed by atoms with Crippen molar-refractivity contribution >= 4 is 5.97 Å². The maximum Gasteiger partial charge on any atom is 0.305 e. The van der Waals surface area contributed by atoms with Crippen LogP contribution in [0, 0.1) is 6.92 Å². The smallest absolute Gasteiger partial charge is 0.305 e. The van der Waals surface area contributed by atoms with E-state index in [9.17, 15) is 4.79 Å². The number of nitrogens with zero attached hydrogens (tertiary/aromatic N) is 2. The van der Waals surface area contributed by atoms with Gasteiger partial charge in [0.2, 0.25) is 0 Å². The van der Waals surface area contributed by atoms with Crippen LogP contribution >= 0.6 is 0 Å². The summed E-state index contributed by atoms with van der Waals surface area (Å²) in [6.45, 7) is 8.94. The van der Waals surface area contributed by atoms with Crippen molar-refractivity contribution < 1.29 is 35.9 Å². The van der Waals surface area contributed by atoms with E-state index < -0.39 is 0 Å². The van der Waals surface area contributed by atoms with Crippen LogP contribution in [0.3, 0.4) is 0 Å². The van der Waals surface area contributed by atoms with Crippen molar-refractivity contribution in [1.29, 1.82) is 0 Å². The highest BCUT2D eigenvalue weighted by molar-refractivity contribution is 5.69. The van der Waals surface area contributed by atoms with E-state index in [1.807, 2.05) is 13.1 Å². The first-order valence-corrected chi connectivity index (χ1v) is 14.6. The molecule has 0 fully saturated rings. The van der Waals surface area contributed by atoms with Crippen LogP contribution in [-0.2, 0) is 27.4 Å². The molecule has 214 valence electrons. The van der Waals surface area contributed by atoms with Gasteiger partial charge in [0, 0.05) is 30.2 Å². The van der Waals surface area contributed by atoms with E-state index >= 15 is 0 Å². The molecule has 1 aliphatic heterocycles. The van der Waals surface area contributed by atoms with E-state index in [1.54, 1.807) is 0 Å². The van der Waals surface area contributed by atoms with Gasteiger partial charge in [0.15, 0.2) is 6.29 Å². The molecule has 0 N–H and O–H groups in total. The van der Waals surface area contributed by atoms with Gasteiger partial charge in [-0.05, 0) is 13.3 Å². The number of ether oxygens (including phenoxy) is 3. The molecule has 1 unspecified atom stereocenters. The fourth-order valence-electron chi connectivity index (χ4n) is 4.80. The van der Waals surface area contributed by atoms with Crippen molar-refractivity contribution in [2.24, 2.45) is 0 Å². The maximum atomic E-state index is 12.2. The number of fused-ring (bicyclic) bond motifs is 1. The van der Waals surface area contributed by atoms with Crippen molar-refractivity contribution in [3.8, 4) is 5.75 Å². The molecule has 0 amide bonds. The summed E-state index contributed by atoms with van der Waals surface area (Å²) < 4.78 is 18.3. The van der Waals surface area contributed by atoms with E-state index in [1.165, 1.54) is 57.8 Å². The van der Waals surface area contributed by atoms with Crippen molar-refractivity contribution in [2.75, 3.05) is 27.2 Å². The van der Waals surface area contributed by atoms with Crippen LogP contribution in [0.2, 0.25) is 0 Å². The van der Waals surface area contributed by atoms with Gasteiger partial charge in [0.25, 0.3) is 0 Å². The van der Waals surface area contributed by atoms with Gasteiger partial charge in [0.1, 0.15) is 25.4 Å². The predicted molar refractivity (Wildman–Crippen MR) is 146 cm³/mol. The van der Waals surface area contributed by atoms with E-state index in [4.69, 9.17) is 14.2 Å². The summed E-state index contributed by atoms with van der Waals surface area (Å²) in [5, 5.41) is 0. The summed E-state index contributed by atoms with van der Waals surface area (Å²) in [4.78, 5) is 16.8. The largest absolute Gasteiger partial charge is 1.00 e. The first kappa shape index (κ1) is 33.7. The lowest BCUT2D eigenvalue weighted by atomic mass is 10.1. The molecule has 1 atom stereocenters. The van der Waals surface area contributed by atoms with Crippen molar-refractivity contribution in [1.82, 2.24) is 4.98 Å². The lowest BCUT2D eigenvalue weighted by Crippen LogP contribution is -3.00. The van der Waals surface area contributed by atoms with Crippen LogP contribution in [0.15, 0.2) is 6.20 Å². The Morgan fingerprint density at radius 2 is 1.62 bits per heavy atom. The highest BCUT2D eigenvalue weighted by Crippen LogP contribution is 2.33. The fraction of sp³-hybridized carbons (Fsp3) is 0.800. The minimum atomic E-state index is -0.180. The zero-order chi connectivity index (χ0) is 26.2. The molecule has 0 spiro atoms. The van der Waals surface area contributed by atoms with E-state index in [0.29, 0.717) is 24.1 Å². The molecular weight excluding hydrogens is 488 g/mol. The lowest BCUT2D eigenvalue weighted by molar-refractivity contribution is -0.903. The number of likely N-dealkylation sites (N-methyl/N-ethyl adjacent to an activating group) is 1. The number of quaternary nitrogens is 1. The fourth-order valence-corrected chi connectivity index (χ4v) is 4.80. The van der Waals surface area contributed by atoms with E-state index in [-0.39, 0.29) is 24.7 Å². The number of halogens is 1. The number of hydrogen-bond acceptors (Lipinski definition) is 5. The number of unbranched alkanes of at least 4 members (excludes halogenated alkanes) is 10. The minimum absolute atomic E-state index is 0. The second-order valence-electron chi connectivity index (χ2n) is 11.1. The summed E-state index contributed by atoms with van der Waals surface area (Å²) >= 11 is 0. The van der Waals surface area contributed by atoms with Crippen LogP contribution in [0.4, 0.5) is 0 Å². The number of rotatable bonds is 19. The minimum Gasteiger partial charge on any atom is -1.00 e. The summed E-state index contributed by atoms with van der Waals surface area (Å²) in [5.74, 6) is 0.819. The summed E-state index contributed by atoms with van der Waals surface area (Å²) in [6.07, 6.45) is 18.3. The topological polar surface area (TPSA) is 57.7 Å². The third kappa shape index (κ3) is 13.3. The van der Waals surface area contributed by atoms with Crippen molar-refractivity contribution in [2.45, 2.75) is 130 Å². The van der Waals surface area contributed by atoms with Gasteiger partial charge < -0.3 is 31.1 Å². The second-order valence-corrected chi connectivity index (χ2v) is 11.1. The normalized spacial score (nSPS) is 15.0. The first-order chi connectivity index (χ1) is 17.4. The number of pyridine rings is 1. The second kappa shape index (κ2) is 18.8. The Balaban J connectivity index is 0.00000684. The molecule has 0 bridgehead atoms. The number of carbonyl (C=O) groups excluding carboxylic acids is 1.